The number of aliphatic hydroxyl groups excluding tert-OH is 1. The number of hydrogen-bond acceptors (Lipinski definition) is 2. The van der Waals surface area contributed by atoms with Gasteiger partial charge in [0.1, 0.15) is 0 Å². The van der Waals surface area contributed by atoms with Crippen LogP contribution in [0.4, 0.5) is 0 Å². The summed E-state index contributed by atoms with van der Waals surface area (Å²) in [5, 5.41) is 10.5. The van der Waals surface area contributed by atoms with Gasteiger partial charge in [0.05, 0.1) is 0 Å². The first-order valence-electron chi connectivity index (χ1n) is 7.49. The van der Waals surface area contributed by atoms with Crippen LogP contribution in [0.1, 0.15) is 24.0 Å². The van der Waals surface area contributed by atoms with Crippen molar-refractivity contribution in [3.05, 3.63) is 69.7 Å². The minimum atomic E-state index is 0.246. The Morgan fingerprint density at radius 2 is 1.18 bits per heavy atom. The molecule has 0 radical (unpaired) electrons. The van der Waals surface area contributed by atoms with E-state index < -0.39 is 0 Å². The zero-order chi connectivity index (χ0) is 15.8. The fraction of sp³-hybridized carbons (Fsp3) is 0.333. The highest BCUT2D eigenvalue weighted by Gasteiger charge is 2.07. The summed E-state index contributed by atoms with van der Waals surface area (Å²) in [6.07, 6.45) is 1.81. The number of hydrogen-bond donors (Lipinski definition) is 1. The van der Waals surface area contributed by atoms with Gasteiger partial charge in [-0.1, -0.05) is 47.5 Å². The van der Waals surface area contributed by atoms with Crippen LogP contribution in [0, 0.1) is 0 Å². The summed E-state index contributed by atoms with van der Waals surface area (Å²) in [7, 11) is 0. The van der Waals surface area contributed by atoms with Gasteiger partial charge in [0.15, 0.2) is 0 Å². The predicted octanol–water partition coefficient (Wildman–Crippen LogP) is 4.77. The van der Waals surface area contributed by atoms with E-state index in [2.05, 4.69) is 29.2 Å². The fourth-order valence-electron chi connectivity index (χ4n) is 2.36. The Labute approximate surface area is 142 Å². The van der Waals surface area contributed by atoms with E-state index in [-0.39, 0.29) is 6.61 Å². The molecule has 118 valence electrons. The maximum atomic E-state index is 8.97. The molecule has 4 heteroatoms. The van der Waals surface area contributed by atoms with Crippen LogP contribution in [0.15, 0.2) is 48.5 Å². The molecule has 0 unspecified atom stereocenters. The quantitative estimate of drug-likeness (QED) is 0.701. The molecule has 2 rings (SSSR count). The number of aliphatic hydroxyl groups is 1. The van der Waals surface area contributed by atoms with Crippen LogP contribution in [-0.4, -0.2) is 23.2 Å². The molecular formula is C18H21Cl2NO. The molecule has 0 aliphatic carbocycles. The van der Waals surface area contributed by atoms with Gasteiger partial charge in [0.25, 0.3) is 0 Å². The molecule has 0 heterocycles. The highest BCUT2D eigenvalue weighted by Crippen LogP contribution is 2.16. The summed E-state index contributed by atoms with van der Waals surface area (Å²) in [6.45, 7) is 2.93. The van der Waals surface area contributed by atoms with Gasteiger partial charge >= 0.3 is 0 Å². The number of rotatable bonds is 8. The third-order valence-electron chi connectivity index (χ3n) is 3.52. The standard InChI is InChI=1S/C18H21Cl2NO/c19-17-7-3-15(4-8-17)13-21(11-1-2-12-22)14-16-5-9-18(20)10-6-16/h3-10,22H,1-2,11-14H2. The lowest BCUT2D eigenvalue weighted by Crippen LogP contribution is -2.24. The third-order valence-corrected chi connectivity index (χ3v) is 4.03. The molecule has 0 saturated heterocycles. The normalized spacial score (nSPS) is 11.1. The topological polar surface area (TPSA) is 23.5 Å². The van der Waals surface area contributed by atoms with Crippen molar-refractivity contribution in [3.8, 4) is 0 Å². The van der Waals surface area contributed by atoms with E-state index in [0.717, 1.165) is 42.5 Å². The van der Waals surface area contributed by atoms with Gasteiger partial charge in [-0.2, -0.15) is 0 Å². The summed E-state index contributed by atoms with van der Waals surface area (Å²) in [5.74, 6) is 0. The summed E-state index contributed by atoms with van der Waals surface area (Å²) in [4.78, 5) is 2.38. The third kappa shape index (κ3) is 5.98. The van der Waals surface area contributed by atoms with Crippen LogP contribution < -0.4 is 0 Å². The molecule has 0 aliphatic rings. The molecule has 2 nitrogen and oxygen atoms in total. The highest BCUT2D eigenvalue weighted by molar-refractivity contribution is 6.30. The van der Waals surface area contributed by atoms with Crippen LogP contribution in [0.5, 0.6) is 0 Å². The monoisotopic (exact) mass is 337 g/mol. The number of nitrogens with zero attached hydrogens (tertiary/aromatic N) is 1. The largest absolute Gasteiger partial charge is 0.396 e. The Hall–Kier alpha value is -1.06. The van der Waals surface area contributed by atoms with E-state index >= 15 is 0 Å². The first kappa shape index (κ1) is 17.3. The fourth-order valence-corrected chi connectivity index (χ4v) is 2.61. The van der Waals surface area contributed by atoms with Crippen molar-refractivity contribution in [1.82, 2.24) is 4.90 Å². The SMILES string of the molecule is OCCCCN(Cc1ccc(Cl)cc1)Cc1ccc(Cl)cc1. The Morgan fingerprint density at radius 3 is 1.59 bits per heavy atom. The van der Waals surface area contributed by atoms with Gasteiger partial charge in [-0.05, 0) is 54.8 Å². The summed E-state index contributed by atoms with van der Waals surface area (Å²) in [5.41, 5.74) is 2.48. The lowest BCUT2D eigenvalue weighted by Gasteiger charge is -2.22. The molecule has 2 aromatic carbocycles. The van der Waals surface area contributed by atoms with Crippen molar-refractivity contribution in [3.63, 3.8) is 0 Å². The molecule has 0 bridgehead atoms. The molecule has 0 fully saturated rings. The van der Waals surface area contributed by atoms with Crippen molar-refractivity contribution < 1.29 is 5.11 Å². The Morgan fingerprint density at radius 1 is 0.727 bits per heavy atom. The lowest BCUT2D eigenvalue weighted by molar-refractivity contribution is 0.230. The van der Waals surface area contributed by atoms with Crippen LogP contribution in [0.25, 0.3) is 0 Å². The smallest absolute Gasteiger partial charge is 0.0431 e. The molecule has 0 saturated carbocycles. The second-order valence-corrected chi connectivity index (χ2v) is 6.27. The number of halogens is 2. The van der Waals surface area contributed by atoms with Gasteiger partial charge in [0.2, 0.25) is 0 Å². The van der Waals surface area contributed by atoms with Crippen molar-refractivity contribution in [2.45, 2.75) is 25.9 Å². The van der Waals surface area contributed by atoms with E-state index in [4.69, 9.17) is 28.3 Å². The molecule has 0 atom stereocenters. The molecule has 0 spiro atoms. The van der Waals surface area contributed by atoms with Crippen LogP contribution in [0.3, 0.4) is 0 Å². The maximum absolute atomic E-state index is 8.97. The summed E-state index contributed by atoms with van der Waals surface area (Å²) >= 11 is 11.9. The number of unbranched alkanes of at least 4 members (excludes halogenated alkanes) is 1. The van der Waals surface area contributed by atoms with Crippen LogP contribution >= 0.6 is 23.2 Å². The van der Waals surface area contributed by atoms with Crippen molar-refractivity contribution in [2.24, 2.45) is 0 Å². The zero-order valence-corrected chi connectivity index (χ0v) is 14.0. The first-order valence-corrected chi connectivity index (χ1v) is 8.25. The van der Waals surface area contributed by atoms with E-state index in [1.807, 2.05) is 24.3 Å². The Balaban J connectivity index is 2.01. The molecule has 0 amide bonds. The average Bonchev–Trinajstić information content (AvgIpc) is 2.52. The van der Waals surface area contributed by atoms with E-state index in [1.54, 1.807) is 0 Å². The van der Waals surface area contributed by atoms with E-state index in [9.17, 15) is 0 Å². The molecule has 2 aromatic rings. The summed E-state index contributed by atoms with van der Waals surface area (Å²) in [6, 6.07) is 15.9. The van der Waals surface area contributed by atoms with Gasteiger partial charge in [0, 0.05) is 29.7 Å². The van der Waals surface area contributed by atoms with Crippen LogP contribution in [-0.2, 0) is 13.1 Å². The second-order valence-electron chi connectivity index (χ2n) is 5.39. The van der Waals surface area contributed by atoms with E-state index in [0.29, 0.717) is 0 Å². The molecule has 22 heavy (non-hydrogen) atoms. The second kappa shape index (κ2) is 9.16. The minimum Gasteiger partial charge on any atom is -0.396 e. The molecule has 0 aliphatic heterocycles. The highest BCUT2D eigenvalue weighted by atomic mass is 35.5. The molecule has 0 aromatic heterocycles. The van der Waals surface area contributed by atoms with Gasteiger partial charge < -0.3 is 5.11 Å². The Kier molecular flexibility index (Phi) is 7.20. The average molecular weight is 338 g/mol. The maximum Gasteiger partial charge on any atom is 0.0431 e. The number of benzene rings is 2. The van der Waals surface area contributed by atoms with Gasteiger partial charge in [-0.3, -0.25) is 4.90 Å². The first-order chi connectivity index (χ1) is 10.7. The lowest BCUT2D eigenvalue weighted by atomic mass is 10.1. The zero-order valence-electron chi connectivity index (χ0n) is 12.5. The van der Waals surface area contributed by atoms with Crippen LogP contribution in [0.2, 0.25) is 10.0 Å². The Bertz CT molecular complexity index is 507. The van der Waals surface area contributed by atoms with Crippen molar-refractivity contribution in [2.75, 3.05) is 13.2 Å². The van der Waals surface area contributed by atoms with Gasteiger partial charge in [-0.25, -0.2) is 0 Å². The van der Waals surface area contributed by atoms with Crippen molar-refractivity contribution >= 4 is 23.2 Å². The van der Waals surface area contributed by atoms with E-state index in [1.165, 1.54) is 11.1 Å². The van der Waals surface area contributed by atoms with Crippen molar-refractivity contribution in [1.29, 1.82) is 0 Å². The molecule has 1 N–H and O–H groups in total. The van der Waals surface area contributed by atoms with Gasteiger partial charge in [-0.15, -0.1) is 0 Å². The molecular weight excluding hydrogens is 317 g/mol. The predicted molar refractivity (Wildman–Crippen MR) is 93.3 cm³/mol. The minimum absolute atomic E-state index is 0.246. The summed E-state index contributed by atoms with van der Waals surface area (Å²) < 4.78 is 0.